The molecular weight excluding hydrogens is 420 g/mol. The Morgan fingerprint density at radius 1 is 1.00 bits per heavy atom. The Morgan fingerprint density at radius 2 is 1.66 bits per heavy atom. The Balaban J connectivity index is 1.40. The summed E-state index contributed by atoms with van der Waals surface area (Å²) < 4.78 is 2.08. The average molecular weight is 453 g/mol. The number of carbonyl (C=O) groups is 1. The predicted octanol–water partition coefficient (Wildman–Crippen LogP) is 5.83. The Kier molecular flexibility index (Phi) is 5.30. The van der Waals surface area contributed by atoms with Gasteiger partial charge in [-0.1, -0.05) is 30.9 Å². The molecule has 1 N–H and O–H groups in total. The standard InChI is InChI=1S/C26H33ClN4O/c1-30(21-5-3-2-4-6-21)29-26(32)24-23-18-12-16-11-17(13-18)15-19(14-16)25(23)31(28-24)22-9-7-20(27)8-10-22/h7-10,16-19,21H,2-6,11-15H2,1H3,(H,29,32). The molecule has 1 heterocycles. The molecular formula is C26H33ClN4O. The predicted molar refractivity (Wildman–Crippen MR) is 126 cm³/mol. The highest BCUT2D eigenvalue weighted by molar-refractivity contribution is 6.30. The van der Waals surface area contributed by atoms with Crippen molar-refractivity contribution in [3.8, 4) is 5.69 Å². The molecule has 1 aromatic carbocycles. The van der Waals surface area contributed by atoms with Crippen LogP contribution < -0.4 is 5.43 Å². The first-order chi connectivity index (χ1) is 15.6. The van der Waals surface area contributed by atoms with Gasteiger partial charge in [-0.15, -0.1) is 0 Å². The lowest BCUT2D eigenvalue weighted by molar-refractivity contribution is 0.0702. The second-order valence-electron chi connectivity index (χ2n) is 10.7. The fraction of sp³-hybridized carbons (Fsp3) is 0.615. The summed E-state index contributed by atoms with van der Waals surface area (Å²) in [5, 5.41) is 7.76. The molecule has 7 rings (SSSR count). The zero-order chi connectivity index (χ0) is 21.8. The van der Waals surface area contributed by atoms with E-state index in [1.165, 1.54) is 62.6 Å². The van der Waals surface area contributed by atoms with E-state index in [-0.39, 0.29) is 5.91 Å². The molecule has 5 aliphatic carbocycles. The zero-order valence-electron chi connectivity index (χ0n) is 18.9. The third-order valence-corrected chi connectivity index (χ3v) is 8.83. The number of aromatic nitrogens is 2. The first-order valence-corrected chi connectivity index (χ1v) is 12.9. The highest BCUT2D eigenvalue weighted by Gasteiger charge is 2.46. The lowest BCUT2D eigenvalue weighted by Crippen LogP contribution is -2.47. The molecule has 32 heavy (non-hydrogen) atoms. The van der Waals surface area contributed by atoms with Crippen LogP contribution in [0.3, 0.4) is 0 Å². The molecule has 3 fully saturated rings. The van der Waals surface area contributed by atoms with Gasteiger partial charge in [0.25, 0.3) is 5.91 Å². The van der Waals surface area contributed by atoms with Gasteiger partial charge >= 0.3 is 0 Å². The number of hydrogen-bond donors (Lipinski definition) is 1. The summed E-state index contributed by atoms with van der Waals surface area (Å²) in [6, 6.07) is 8.32. The van der Waals surface area contributed by atoms with Crippen LogP contribution in [0.5, 0.6) is 0 Å². The monoisotopic (exact) mass is 452 g/mol. The van der Waals surface area contributed by atoms with Crippen molar-refractivity contribution >= 4 is 17.5 Å². The van der Waals surface area contributed by atoms with E-state index >= 15 is 0 Å². The topological polar surface area (TPSA) is 50.2 Å². The molecule has 1 aromatic heterocycles. The Hall–Kier alpha value is -1.85. The van der Waals surface area contributed by atoms with Crippen molar-refractivity contribution in [2.45, 2.75) is 82.1 Å². The van der Waals surface area contributed by atoms with Crippen molar-refractivity contribution in [3.05, 3.63) is 46.2 Å². The van der Waals surface area contributed by atoms with E-state index in [0.717, 1.165) is 35.4 Å². The molecule has 6 heteroatoms. The fourth-order valence-corrected chi connectivity index (χ4v) is 7.39. The Bertz CT molecular complexity index is 996. The van der Waals surface area contributed by atoms with Gasteiger partial charge < -0.3 is 0 Å². The van der Waals surface area contributed by atoms with Crippen molar-refractivity contribution in [2.75, 3.05) is 7.05 Å². The smallest absolute Gasteiger partial charge is 0.283 e. The van der Waals surface area contributed by atoms with E-state index in [1.807, 2.05) is 31.3 Å². The molecule has 2 atom stereocenters. The van der Waals surface area contributed by atoms with E-state index < -0.39 is 0 Å². The van der Waals surface area contributed by atoms with E-state index in [1.54, 1.807) is 0 Å². The minimum Gasteiger partial charge on any atom is -0.283 e. The summed E-state index contributed by atoms with van der Waals surface area (Å²) in [6.45, 7) is 0. The molecule has 2 unspecified atom stereocenters. The van der Waals surface area contributed by atoms with Crippen LogP contribution in [0.25, 0.3) is 5.69 Å². The van der Waals surface area contributed by atoms with Gasteiger partial charge in [0.2, 0.25) is 0 Å². The van der Waals surface area contributed by atoms with E-state index in [0.29, 0.717) is 23.6 Å². The summed E-state index contributed by atoms with van der Waals surface area (Å²) in [7, 11) is 2.02. The number of hydrazine groups is 1. The molecule has 0 radical (unpaired) electrons. The SMILES string of the molecule is CN(NC(=O)c1nn(-c2ccc(Cl)cc2)c2c1C1CC3CC(C1)CC2C3)C1CCCCC1. The van der Waals surface area contributed by atoms with Crippen LogP contribution in [0.1, 0.15) is 97.8 Å². The summed E-state index contributed by atoms with van der Waals surface area (Å²) in [5.41, 5.74) is 7.40. The summed E-state index contributed by atoms with van der Waals surface area (Å²) >= 11 is 6.17. The molecule has 5 aliphatic rings. The van der Waals surface area contributed by atoms with Crippen LogP contribution in [0.4, 0.5) is 0 Å². The Labute approximate surface area is 195 Å². The third-order valence-electron chi connectivity index (χ3n) is 8.58. The quantitative estimate of drug-likeness (QED) is 0.594. The van der Waals surface area contributed by atoms with Crippen LogP contribution in [-0.4, -0.2) is 33.8 Å². The maximum Gasteiger partial charge on any atom is 0.286 e. The van der Waals surface area contributed by atoms with E-state index in [4.69, 9.17) is 16.7 Å². The first kappa shape index (κ1) is 20.7. The number of hydrogen-bond acceptors (Lipinski definition) is 3. The molecule has 5 nitrogen and oxygen atoms in total. The van der Waals surface area contributed by atoms with Crippen molar-refractivity contribution < 1.29 is 4.79 Å². The number of amides is 1. The minimum absolute atomic E-state index is 0.0386. The Morgan fingerprint density at radius 3 is 2.34 bits per heavy atom. The van der Waals surface area contributed by atoms with Gasteiger partial charge in [0.1, 0.15) is 0 Å². The third kappa shape index (κ3) is 3.58. The van der Waals surface area contributed by atoms with Crippen LogP contribution in [0.2, 0.25) is 5.02 Å². The number of nitrogens with one attached hydrogen (secondary N) is 1. The zero-order valence-corrected chi connectivity index (χ0v) is 19.7. The lowest BCUT2D eigenvalue weighted by Gasteiger charge is -2.38. The largest absolute Gasteiger partial charge is 0.286 e. The van der Waals surface area contributed by atoms with Gasteiger partial charge in [-0.25, -0.2) is 9.69 Å². The highest BCUT2D eigenvalue weighted by atomic mass is 35.5. The van der Waals surface area contributed by atoms with Crippen molar-refractivity contribution in [1.29, 1.82) is 0 Å². The van der Waals surface area contributed by atoms with Gasteiger partial charge in [0.05, 0.1) is 11.4 Å². The summed E-state index contributed by atoms with van der Waals surface area (Å²) in [5.74, 6) is 2.52. The van der Waals surface area contributed by atoms with Gasteiger partial charge in [0, 0.05) is 29.6 Å². The van der Waals surface area contributed by atoms with Crippen LogP contribution in [0, 0.1) is 11.8 Å². The second kappa shape index (κ2) is 8.18. The highest BCUT2D eigenvalue weighted by Crippen LogP contribution is 2.57. The van der Waals surface area contributed by atoms with Crippen molar-refractivity contribution in [1.82, 2.24) is 20.2 Å². The molecule has 2 aromatic rings. The molecule has 3 saturated carbocycles. The maximum absolute atomic E-state index is 13.6. The molecule has 4 bridgehead atoms. The van der Waals surface area contributed by atoms with Gasteiger partial charge in [-0.05, 0) is 87.0 Å². The van der Waals surface area contributed by atoms with Crippen LogP contribution in [0.15, 0.2) is 24.3 Å². The van der Waals surface area contributed by atoms with Gasteiger partial charge in [-0.3, -0.25) is 10.2 Å². The van der Waals surface area contributed by atoms with Gasteiger partial charge in [0.15, 0.2) is 5.69 Å². The van der Waals surface area contributed by atoms with Gasteiger partial charge in [-0.2, -0.15) is 5.10 Å². The van der Waals surface area contributed by atoms with E-state index in [2.05, 4.69) is 15.1 Å². The first-order valence-electron chi connectivity index (χ1n) is 12.5. The number of carbonyl (C=O) groups excluding carboxylic acids is 1. The molecule has 0 saturated heterocycles. The molecule has 0 spiro atoms. The lowest BCUT2D eigenvalue weighted by atomic mass is 9.67. The van der Waals surface area contributed by atoms with E-state index in [9.17, 15) is 4.79 Å². The molecule has 170 valence electrons. The van der Waals surface area contributed by atoms with Crippen LogP contribution in [-0.2, 0) is 0 Å². The number of benzene rings is 1. The normalized spacial score (nSPS) is 29.2. The molecule has 1 amide bonds. The fourth-order valence-electron chi connectivity index (χ4n) is 7.27. The average Bonchev–Trinajstić information content (AvgIpc) is 3.12. The van der Waals surface area contributed by atoms with Crippen molar-refractivity contribution in [2.24, 2.45) is 11.8 Å². The molecule has 0 aliphatic heterocycles. The number of halogens is 1. The summed E-state index contributed by atoms with van der Waals surface area (Å²) in [6.07, 6.45) is 12.4. The number of nitrogens with zero attached hydrogens (tertiary/aromatic N) is 3. The number of rotatable bonds is 4. The second-order valence-corrected chi connectivity index (χ2v) is 11.1. The summed E-state index contributed by atoms with van der Waals surface area (Å²) in [4.78, 5) is 13.6. The maximum atomic E-state index is 13.6. The van der Waals surface area contributed by atoms with Crippen LogP contribution >= 0.6 is 11.6 Å². The van der Waals surface area contributed by atoms with Crippen molar-refractivity contribution in [3.63, 3.8) is 0 Å². The minimum atomic E-state index is -0.0386.